The first-order valence-corrected chi connectivity index (χ1v) is 6.75. The molecule has 0 aliphatic heterocycles. The van der Waals surface area contributed by atoms with Gasteiger partial charge in [0, 0.05) is 5.54 Å². The molecule has 0 unspecified atom stereocenters. The molecule has 96 valence electrons. The molecular formula is C11H17FN2O2S. The van der Waals surface area contributed by atoms with Crippen molar-refractivity contribution in [3.05, 3.63) is 30.1 Å². The number of hydrogen-bond acceptors (Lipinski definition) is 3. The fraction of sp³-hybridized carbons (Fsp3) is 0.455. The van der Waals surface area contributed by atoms with Crippen LogP contribution in [0.3, 0.4) is 0 Å². The average molecular weight is 260 g/mol. The van der Waals surface area contributed by atoms with E-state index in [0.717, 1.165) is 12.1 Å². The van der Waals surface area contributed by atoms with Gasteiger partial charge in [0.25, 0.3) is 0 Å². The first-order chi connectivity index (χ1) is 7.77. The van der Waals surface area contributed by atoms with Gasteiger partial charge < -0.3 is 5.73 Å². The molecule has 6 heteroatoms. The van der Waals surface area contributed by atoms with Crippen LogP contribution in [0.5, 0.6) is 0 Å². The third kappa shape index (κ3) is 4.07. The van der Waals surface area contributed by atoms with E-state index in [1.807, 2.05) is 0 Å². The standard InChI is InChI=1S/C11H17FN2O2S/c1-11(2,7-8-13)14-17(15,16)10-5-3-9(12)4-6-10/h3-6,14H,7-8,13H2,1-2H3. The molecule has 0 aromatic heterocycles. The van der Waals surface area contributed by atoms with Crippen molar-refractivity contribution in [1.29, 1.82) is 0 Å². The van der Waals surface area contributed by atoms with Crippen molar-refractivity contribution in [3.63, 3.8) is 0 Å². The van der Waals surface area contributed by atoms with Crippen molar-refractivity contribution < 1.29 is 12.8 Å². The summed E-state index contributed by atoms with van der Waals surface area (Å²) in [5, 5.41) is 0. The molecule has 0 bridgehead atoms. The average Bonchev–Trinajstić information content (AvgIpc) is 2.16. The molecule has 0 radical (unpaired) electrons. The minimum atomic E-state index is -3.63. The zero-order chi connectivity index (χ0) is 13.1. The molecule has 1 rings (SSSR count). The molecule has 3 N–H and O–H groups in total. The molecule has 0 atom stereocenters. The van der Waals surface area contributed by atoms with E-state index in [0.29, 0.717) is 13.0 Å². The Morgan fingerprint density at radius 2 is 1.82 bits per heavy atom. The Morgan fingerprint density at radius 3 is 2.29 bits per heavy atom. The van der Waals surface area contributed by atoms with Gasteiger partial charge in [-0.15, -0.1) is 0 Å². The highest BCUT2D eigenvalue weighted by Gasteiger charge is 2.25. The highest BCUT2D eigenvalue weighted by Crippen LogP contribution is 2.15. The summed E-state index contributed by atoms with van der Waals surface area (Å²) in [6.07, 6.45) is 0.521. The molecule has 4 nitrogen and oxygen atoms in total. The van der Waals surface area contributed by atoms with Crippen LogP contribution in [0.15, 0.2) is 29.2 Å². The van der Waals surface area contributed by atoms with E-state index in [2.05, 4.69) is 4.72 Å². The number of halogens is 1. The van der Waals surface area contributed by atoms with Gasteiger partial charge in [-0.05, 0) is 51.1 Å². The van der Waals surface area contributed by atoms with Gasteiger partial charge in [-0.25, -0.2) is 17.5 Å². The second kappa shape index (κ2) is 5.12. The molecule has 1 aromatic carbocycles. The third-order valence-corrected chi connectivity index (χ3v) is 4.02. The lowest BCUT2D eigenvalue weighted by Crippen LogP contribution is -2.44. The van der Waals surface area contributed by atoms with Gasteiger partial charge in [0.2, 0.25) is 10.0 Å². The Morgan fingerprint density at radius 1 is 1.29 bits per heavy atom. The van der Waals surface area contributed by atoms with Gasteiger partial charge >= 0.3 is 0 Å². The summed E-state index contributed by atoms with van der Waals surface area (Å²) in [4.78, 5) is 0.0454. The van der Waals surface area contributed by atoms with Crippen molar-refractivity contribution in [3.8, 4) is 0 Å². The van der Waals surface area contributed by atoms with Crippen LogP contribution < -0.4 is 10.5 Å². The maximum absolute atomic E-state index is 12.7. The van der Waals surface area contributed by atoms with Crippen LogP contribution in [0.4, 0.5) is 4.39 Å². The highest BCUT2D eigenvalue weighted by molar-refractivity contribution is 7.89. The number of nitrogens with one attached hydrogen (secondary N) is 1. The monoisotopic (exact) mass is 260 g/mol. The number of benzene rings is 1. The number of rotatable bonds is 5. The quantitative estimate of drug-likeness (QED) is 0.836. The minimum Gasteiger partial charge on any atom is -0.330 e. The van der Waals surface area contributed by atoms with Crippen LogP contribution in [-0.2, 0) is 10.0 Å². The highest BCUT2D eigenvalue weighted by atomic mass is 32.2. The first kappa shape index (κ1) is 14.1. The Labute approximate surface area is 101 Å². The van der Waals surface area contributed by atoms with Crippen LogP contribution in [0.1, 0.15) is 20.3 Å². The molecule has 0 heterocycles. The number of sulfonamides is 1. The van der Waals surface area contributed by atoms with Gasteiger partial charge in [-0.2, -0.15) is 0 Å². The zero-order valence-corrected chi connectivity index (χ0v) is 10.7. The lowest BCUT2D eigenvalue weighted by molar-refractivity contribution is 0.428. The summed E-state index contributed by atoms with van der Waals surface area (Å²) in [6.45, 7) is 3.89. The third-order valence-electron chi connectivity index (χ3n) is 2.30. The van der Waals surface area contributed by atoms with Gasteiger partial charge in [0.1, 0.15) is 5.82 Å². The summed E-state index contributed by atoms with van der Waals surface area (Å²) < 4.78 is 39.2. The van der Waals surface area contributed by atoms with Gasteiger partial charge in [0.15, 0.2) is 0 Å². The summed E-state index contributed by atoms with van der Waals surface area (Å²) in [5.74, 6) is -0.467. The van der Waals surface area contributed by atoms with E-state index in [9.17, 15) is 12.8 Å². The molecular weight excluding hydrogens is 243 g/mol. The van der Waals surface area contributed by atoms with E-state index in [-0.39, 0.29) is 4.90 Å². The first-order valence-electron chi connectivity index (χ1n) is 5.26. The topological polar surface area (TPSA) is 72.2 Å². The van der Waals surface area contributed by atoms with Crippen LogP contribution in [-0.4, -0.2) is 20.5 Å². The van der Waals surface area contributed by atoms with Crippen molar-refractivity contribution >= 4 is 10.0 Å². The maximum atomic E-state index is 12.7. The molecule has 0 aliphatic rings. The van der Waals surface area contributed by atoms with Crippen LogP contribution in [0, 0.1) is 5.82 Å². The van der Waals surface area contributed by atoms with Crippen molar-refractivity contribution in [2.75, 3.05) is 6.54 Å². The van der Waals surface area contributed by atoms with Crippen LogP contribution >= 0.6 is 0 Å². The van der Waals surface area contributed by atoms with Gasteiger partial charge in [-0.1, -0.05) is 0 Å². The largest absolute Gasteiger partial charge is 0.330 e. The zero-order valence-electron chi connectivity index (χ0n) is 9.90. The van der Waals surface area contributed by atoms with Gasteiger partial charge in [-0.3, -0.25) is 0 Å². The van der Waals surface area contributed by atoms with E-state index >= 15 is 0 Å². The Bertz CT molecular complexity index is 469. The Kier molecular flexibility index (Phi) is 4.24. The minimum absolute atomic E-state index is 0.0454. The van der Waals surface area contributed by atoms with E-state index < -0.39 is 21.4 Å². The summed E-state index contributed by atoms with van der Waals surface area (Å²) in [7, 11) is -3.63. The molecule has 17 heavy (non-hydrogen) atoms. The van der Waals surface area contributed by atoms with E-state index in [1.54, 1.807) is 13.8 Å². The van der Waals surface area contributed by atoms with Crippen LogP contribution in [0.2, 0.25) is 0 Å². The molecule has 0 amide bonds. The summed E-state index contributed by atoms with van der Waals surface area (Å²) in [6, 6.07) is 4.70. The lowest BCUT2D eigenvalue weighted by atomic mass is 10.0. The van der Waals surface area contributed by atoms with Crippen molar-refractivity contribution in [2.24, 2.45) is 5.73 Å². The van der Waals surface area contributed by atoms with E-state index in [1.165, 1.54) is 12.1 Å². The molecule has 0 saturated carbocycles. The fourth-order valence-corrected chi connectivity index (χ4v) is 2.89. The van der Waals surface area contributed by atoms with Gasteiger partial charge in [0.05, 0.1) is 4.90 Å². The van der Waals surface area contributed by atoms with Crippen molar-refractivity contribution in [1.82, 2.24) is 4.72 Å². The SMILES string of the molecule is CC(C)(CCN)NS(=O)(=O)c1ccc(F)cc1. The fourth-order valence-electron chi connectivity index (χ4n) is 1.45. The molecule has 0 spiro atoms. The summed E-state index contributed by atoms with van der Waals surface area (Å²) >= 11 is 0. The lowest BCUT2D eigenvalue weighted by Gasteiger charge is -2.25. The van der Waals surface area contributed by atoms with Crippen molar-refractivity contribution in [2.45, 2.75) is 30.7 Å². The normalized spacial score (nSPS) is 12.7. The Balaban J connectivity index is 2.93. The predicted octanol–water partition coefficient (Wildman–Crippen LogP) is 1.23. The molecule has 0 saturated heterocycles. The Hall–Kier alpha value is -0.980. The second-order valence-corrected chi connectivity index (χ2v) is 6.16. The maximum Gasteiger partial charge on any atom is 0.241 e. The van der Waals surface area contributed by atoms with Crippen LogP contribution in [0.25, 0.3) is 0 Å². The number of hydrogen-bond donors (Lipinski definition) is 2. The molecule has 0 aliphatic carbocycles. The second-order valence-electron chi connectivity index (χ2n) is 4.48. The molecule has 1 aromatic rings. The predicted molar refractivity (Wildman–Crippen MR) is 64.5 cm³/mol. The van der Waals surface area contributed by atoms with E-state index in [4.69, 9.17) is 5.73 Å². The molecule has 0 fully saturated rings. The number of nitrogens with two attached hydrogens (primary N) is 1. The smallest absolute Gasteiger partial charge is 0.241 e. The summed E-state index contributed by atoms with van der Waals surface area (Å²) in [5.41, 5.74) is 4.78.